The summed E-state index contributed by atoms with van der Waals surface area (Å²) in [5, 5.41) is 30.3. The molecule has 9 heteroatoms. The van der Waals surface area contributed by atoms with Gasteiger partial charge in [0.25, 0.3) is 5.91 Å². The summed E-state index contributed by atoms with van der Waals surface area (Å²) in [4.78, 5) is 21.6. The number of carbonyl (C=O) groups is 1. The predicted octanol–water partition coefficient (Wildman–Crippen LogP) is -0.861. The average molecular weight is 354 g/mol. The van der Waals surface area contributed by atoms with Gasteiger partial charge >= 0.3 is 0 Å². The Bertz CT molecular complexity index is 597. The Labute approximate surface area is 146 Å². The van der Waals surface area contributed by atoms with Crippen LogP contribution in [0.2, 0.25) is 0 Å². The number of nitrogens with zero attached hydrogens (tertiary/aromatic N) is 3. The third-order valence-electron chi connectivity index (χ3n) is 3.84. The minimum atomic E-state index is -1.84. The van der Waals surface area contributed by atoms with Crippen LogP contribution in [-0.2, 0) is 9.53 Å². The molecule has 1 saturated heterocycles. The summed E-state index contributed by atoms with van der Waals surface area (Å²) in [5.41, 5.74) is 4.15. The fraction of sp³-hybridized carbons (Fsp3) is 0.562. The van der Waals surface area contributed by atoms with Crippen LogP contribution in [0.4, 0.5) is 0 Å². The molecule has 25 heavy (non-hydrogen) atoms. The Morgan fingerprint density at radius 3 is 2.56 bits per heavy atom. The Kier molecular flexibility index (Phi) is 7.43. The number of aliphatic hydroxyl groups is 3. The summed E-state index contributed by atoms with van der Waals surface area (Å²) >= 11 is 0. The van der Waals surface area contributed by atoms with Crippen LogP contribution in [0.3, 0.4) is 0 Å². The first-order valence-corrected chi connectivity index (χ1v) is 7.76. The van der Waals surface area contributed by atoms with Gasteiger partial charge in [-0.3, -0.25) is 14.7 Å². The van der Waals surface area contributed by atoms with Crippen LogP contribution in [0.5, 0.6) is 0 Å². The number of nitrogens with two attached hydrogens (primary N) is 1. The highest BCUT2D eigenvalue weighted by molar-refractivity contribution is 6.12. The number of hydrogen-bond donors (Lipinski definition) is 4. The molecule has 1 heterocycles. The molecule has 1 aliphatic rings. The van der Waals surface area contributed by atoms with Crippen LogP contribution in [0, 0.1) is 0 Å². The molecule has 0 aromatic heterocycles. The highest BCUT2D eigenvalue weighted by Crippen LogP contribution is 2.34. The van der Waals surface area contributed by atoms with Gasteiger partial charge in [-0.2, -0.15) is 0 Å². The molecule has 0 saturated carbocycles. The summed E-state index contributed by atoms with van der Waals surface area (Å²) in [6.07, 6.45) is 1.52. The lowest BCUT2D eigenvalue weighted by molar-refractivity contribution is -0.147. The Hall–Kier alpha value is -2.07. The van der Waals surface area contributed by atoms with Crippen LogP contribution in [0.15, 0.2) is 33.9 Å². The molecule has 140 valence electrons. The molecule has 1 rings (SSSR count). The number of aliphatic hydroxyl groups excluding tert-OH is 2. The molecule has 0 radical (unpaired) electrons. The van der Waals surface area contributed by atoms with Crippen molar-refractivity contribution in [2.45, 2.75) is 44.8 Å². The van der Waals surface area contributed by atoms with Crippen molar-refractivity contribution in [3.63, 3.8) is 0 Å². The molecule has 4 atom stereocenters. The van der Waals surface area contributed by atoms with Crippen molar-refractivity contribution in [1.82, 2.24) is 4.90 Å². The van der Waals surface area contributed by atoms with E-state index in [-0.39, 0.29) is 5.84 Å². The smallest absolute Gasteiger partial charge is 0.254 e. The van der Waals surface area contributed by atoms with Crippen molar-refractivity contribution in [3.8, 4) is 0 Å². The first-order chi connectivity index (χ1) is 11.8. The van der Waals surface area contributed by atoms with E-state index in [9.17, 15) is 20.1 Å². The maximum absolute atomic E-state index is 12.7. The molecule has 0 aliphatic carbocycles. The Balaban J connectivity index is 3.50. The van der Waals surface area contributed by atoms with Gasteiger partial charge in [0.15, 0.2) is 6.23 Å². The van der Waals surface area contributed by atoms with Gasteiger partial charge in [0.05, 0.1) is 6.61 Å². The SMILES string of the molecule is C/C=C\C(=O)N(C(=NC=NC)/C(C)=C/N)C1OC(CO)[C@@H](O)C1(C)O. The Morgan fingerprint density at radius 1 is 1.48 bits per heavy atom. The predicted molar refractivity (Wildman–Crippen MR) is 93.8 cm³/mol. The third kappa shape index (κ3) is 4.31. The number of allylic oxidation sites excluding steroid dienone is 1. The molecule has 0 spiro atoms. The molecule has 1 fully saturated rings. The lowest BCUT2D eigenvalue weighted by Crippen LogP contribution is -2.56. The van der Waals surface area contributed by atoms with E-state index in [0.29, 0.717) is 5.57 Å². The van der Waals surface area contributed by atoms with Gasteiger partial charge < -0.3 is 25.8 Å². The van der Waals surface area contributed by atoms with Crippen molar-refractivity contribution in [1.29, 1.82) is 0 Å². The largest absolute Gasteiger partial charge is 0.404 e. The maximum Gasteiger partial charge on any atom is 0.254 e. The lowest BCUT2D eigenvalue weighted by atomic mass is 9.95. The Morgan fingerprint density at radius 2 is 2.12 bits per heavy atom. The molecule has 1 aliphatic heterocycles. The fourth-order valence-electron chi connectivity index (χ4n) is 2.46. The van der Waals surface area contributed by atoms with E-state index in [0.717, 1.165) is 4.90 Å². The molecule has 1 amide bonds. The molecule has 3 unspecified atom stereocenters. The average Bonchev–Trinajstić information content (AvgIpc) is 2.81. The second-order valence-electron chi connectivity index (χ2n) is 5.76. The summed E-state index contributed by atoms with van der Waals surface area (Å²) < 4.78 is 5.55. The number of rotatable bonds is 5. The van der Waals surface area contributed by atoms with Gasteiger partial charge in [-0.1, -0.05) is 6.08 Å². The van der Waals surface area contributed by atoms with Crippen LogP contribution in [-0.4, -0.2) is 76.0 Å². The molecular weight excluding hydrogens is 328 g/mol. The molecule has 9 nitrogen and oxygen atoms in total. The maximum atomic E-state index is 12.7. The normalized spacial score (nSPS) is 31.2. The minimum absolute atomic E-state index is 0.104. The third-order valence-corrected chi connectivity index (χ3v) is 3.84. The number of amidine groups is 1. The van der Waals surface area contributed by atoms with Crippen molar-refractivity contribution in [2.24, 2.45) is 15.7 Å². The monoisotopic (exact) mass is 354 g/mol. The van der Waals surface area contributed by atoms with Gasteiger partial charge in [0, 0.05) is 18.8 Å². The fourth-order valence-corrected chi connectivity index (χ4v) is 2.46. The highest BCUT2D eigenvalue weighted by atomic mass is 16.6. The summed E-state index contributed by atoms with van der Waals surface area (Å²) in [6, 6.07) is 0. The number of ether oxygens (including phenoxy) is 1. The van der Waals surface area contributed by atoms with Gasteiger partial charge in [-0.25, -0.2) is 4.99 Å². The topological polar surface area (TPSA) is 141 Å². The van der Waals surface area contributed by atoms with Crippen LogP contribution in [0.25, 0.3) is 0 Å². The van der Waals surface area contributed by atoms with E-state index in [4.69, 9.17) is 10.5 Å². The van der Waals surface area contributed by atoms with E-state index >= 15 is 0 Å². The highest BCUT2D eigenvalue weighted by Gasteiger charge is 2.56. The zero-order chi connectivity index (χ0) is 19.2. The second kappa shape index (κ2) is 8.86. The van der Waals surface area contributed by atoms with Crippen molar-refractivity contribution < 1.29 is 24.9 Å². The van der Waals surface area contributed by atoms with Gasteiger partial charge in [-0.05, 0) is 26.8 Å². The number of aliphatic imine (C=N–C) groups is 2. The lowest BCUT2D eigenvalue weighted by Gasteiger charge is -2.35. The van der Waals surface area contributed by atoms with Crippen molar-refractivity contribution in [3.05, 3.63) is 23.9 Å². The second-order valence-corrected chi connectivity index (χ2v) is 5.76. The quantitative estimate of drug-likeness (QED) is 0.288. The van der Waals surface area contributed by atoms with Crippen LogP contribution >= 0.6 is 0 Å². The summed E-state index contributed by atoms with van der Waals surface area (Å²) in [5.74, 6) is -0.435. The zero-order valence-electron chi connectivity index (χ0n) is 14.8. The van der Waals surface area contributed by atoms with Gasteiger partial charge in [-0.15, -0.1) is 0 Å². The summed E-state index contributed by atoms with van der Waals surface area (Å²) in [6.45, 7) is 4.09. The van der Waals surface area contributed by atoms with E-state index in [1.165, 1.54) is 38.7 Å². The standard InChI is InChI=1S/C16H26N4O5/c1-5-6-12(22)20(14(10(2)7-17)19-9-18-4)15-16(3,24)13(23)11(8-21)25-15/h5-7,9,11,13,15,21,23-24H,8,17H2,1-4H3/b6-5-,10-7+,18-9?,19-14?/t11?,13-,15?,16?/m1/s1. The first kappa shape index (κ1) is 21.0. The first-order valence-electron chi connectivity index (χ1n) is 7.76. The zero-order valence-corrected chi connectivity index (χ0v) is 14.8. The van der Waals surface area contributed by atoms with Crippen molar-refractivity contribution in [2.75, 3.05) is 13.7 Å². The van der Waals surface area contributed by atoms with Crippen LogP contribution < -0.4 is 5.73 Å². The van der Waals surface area contributed by atoms with E-state index < -0.39 is 36.6 Å². The van der Waals surface area contributed by atoms with Gasteiger partial charge in [0.1, 0.15) is 30.0 Å². The van der Waals surface area contributed by atoms with E-state index in [1.54, 1.807) is 13.8 Å². The number of hydrogen-bond acceptors (Lipinski definition) is 7. The molecule has 0 bridgehead atoms. The van der Waals surface area contributed by atoms with Crippen LogP contribution in [0.1, 0.15) is 20.8 Å². The van der Waals surface area contributed by atoms with E-state index in [1.807, 2.05) is 0 Å². The van der Waals surface area contributed by atoms with E-state index in [2.05, 4.69) is 9.98 Å². The van der Waals surface area contributed by atoms with Gasteiger partial charge in [0.2, 0.25) is 0 Å². The summed E-state index contributed by atoms with van der Waals surface area (Å²) in [7, 11) is 1.51. The number of amides is 1. The molecule has 0 aromatic rings. The molecular formula is C16H26N4O5. The van der Waals surface area contributed by atoms with Crippen molar-refractivity contribution >= 4 is 18.1 Å². The number of carbonyl (C=O) groups excluding carboxylic acids is 1. The molecule has 5 N–H and O–H groups in total. The molecule has 0 aromatic carbocycles. The minimum Gasteiger partial charge on any atom is -0.404 e.